The van der Waals surface area contributed by atoms with Gasteiger partial charge in [0.15, 0.2) is 6.29 Å². The van der Waals surface area contributed by atoms with Crippen LogP contribution in [0, 0.1) is 0 Å². The third kappa shape index (κ3) is 2.20. The summed E-state index contributed by atoms with van der Waals surface area (Å²) in [6, 6.07) is 1.73. The predicted molar refractivity (Wildman–Crippen MR) is 55.0 cm³/mol. The molecule has 1 rings (SSSR count). The monoisotopic (exact) mass is 212 g/mol. The Morgan fingerprint density at radius 2 is 2.29 bits per heavy atom. The van der Waals surface area contributed by atoms with E-state index in [2.05, 4.69) is 0 Å². The maximum absolute atomic E-state index is 11.4. The molecule has 0 unspecified atom stereocenters. The van der Waals surface area contributed by atoms with E-state index in [-0.39, 0.29) is 0 Å². The number of carbonyl (C=O) groups excluding carboxylic acids is 2. The third-order valence-electron chi connectivity index (χ3n) is 1.76. The summed E-state index contributed by atoms with van der Waals surface area (Å²) in [7, 11) is 0. The molecule has 0 aliphatic carbocycles. The highest BCUT2D eigenvalue weighted by Crippen LogP contribution is 2.22. The first-order valence-electron chi connectivity index (χ1n) is 4.47. The number of ether oxygens (including phenoxy) is 1. The van der Waals surface area contributed by atoms with Crippen LogP contribution >= 0.6 is 11.3 Å². The number of hydrogen-bond donors (Lipinski definition) is 0. The van der Waals surface area contributed by atoms with E-state index in [9.17, 15) is 9.59 Å². The maximum atomic E-state index is 11.4. The van der Waals surface area contributed by atoms with Gasteiger partial charge in [-0.25, -0.2) is 4.79 Å². The van der Waals surface area contributed by atoms with Crippen LogP contribution in [0.25, 0.3) is 0 Å². The van der Waals surface area contributed by atoms with Gasteiger partial charge < -0.3 is 4.74 Å². The normalized spacial score (nSPS) is 9.86. The number of aryl methyl sites for hydroxylation is 1. The Kier molecular flexibility index (Phi) is 3.83. The molecule has 0 saturated heterocycles. The van der Waals surface area contributed by atoms with Crippen LogP contribution in [0.15, 0.2) is 6.07 Å². The van der Waals surface area contributed by atoms with Crippen LogP contribution < -0.4 is 0 Å². The zero-order valence-electron chi connectivity index (χ0n) is 8.20. The van der Waals surface area contributed by atoms with E-state index >= 15 is 0 Å². The van der Waals surface area contributed by atoms with Gasteiger partial charge in [-0.3, -0.25) is 4.79 Å². The lowest BCUT2D eigenvalue weighted by Gasteiger charge is -1.98. The molecule has 0 atom stereocenters. The second-order valence-electron chi connectivity index (χ2n) is 2.68. The molecule has 0 N–H and O–H groups in total. The lowest BCUT2D eigenvalue weighted by atomic mass is 10.2. The highest BCUT2D eigenvalue weighted by Gasteiger charge is 2.15. The molecule has 14 heavy (non-hydrogen) atoms. The molecule has 0 aromatic carbocycles. The second kappa shape index (κ2) is 4.91. The molecule has 1 aromatic rings. The highest BCUT2D eigenvalue weighted by atomic mass is 32.1. The number of hydrogen-bond acceptors (Lipinski definition) is 4. The summed E-state index contributed by atoms with van der Waals surface area (Å²) < 4.78 is 4.84. The molecule has 0 aliphatic rings. The van der Waals surface area contributed by atoms with Crippen molar-refractivity contribution in [2.75, 3.05) is 6.61 Å². The van der Waals surface area contributed by atoms with Crippen molar-refractivity contribution in [3.63, 3.8) is 0 Å². The van der Waals surface area contributed by atoms with Crippen molar-refractivity contribution in [3.05, 3.63) is 21.4 Å². The molecular formula is C10H12O3S. The topological polar surface area (TPSA) is 43.4 Å². The summed E-state index contributed by atoms with van der Waals surface area (Å²) in [6.45, 7) is 4.05. The average molecular weight is 212 g/mol. The van der Waals surface area contributed by atoms with E-state index in [1.807, 2.05) is 6.92 Å². The van der Waals surface area contributed by atoms with Gasteiger partial charge in [-0.1, -0.05) is 6.92 Å². The predicted octanol–water partition coefficient (Wildman–Crippen LogP) is 2.30. The Balaban J connectivity index is 2.99. The van der Waals surface area contributed by atoms with Crippen molar-refractivity contribution in [2.24, 2.45) is 0 Å². The molecule has 1 aromatic heterocycles. The van der Waals surface area contributed by atoms with E-state index in [0.717, 1.165) is 11.3 Å². The maximum Gasteiger partial charge on any atom is 0.339 e. The Morgan fingerprint density at radius 3 is 2.79 bits per heavy atom. The third-order valence-corrected chi connectivity index (χ3v) is 2.97. The van der Waals surface area contributed by atoms with Gasteiger partial charge in [0.25, 0.3) is 0 Å². The number of carbonyl (C=O) groups is 2. The minimum atomic E-state index is -0.412. The molecule has 0 amide bonds. The fraction of sp³-hybridized carbons (Fsp3) is 0.400. The van der Waals surface area contributed by atoms with Crippen LogP contribution in [0.2, 0.25) is 0 Å². The largest absolute Gasteiger partial charge is 0.462 e. The molecule has 0 saturated carbocycles. The number of esters is 1. The number of thiophene rings is 1. The lowest BCUT2D eigenvalue weighted by Crippen LogP contribution is -2.05. The van der Waals surface area contributed by atoms with Gasteiger partial charge in [0, 0.05) is 4.88 Å². The van der Waals surface area contributed by atoms with Crippen molar-refractivity contribution >= 4 is 23.6 Å². The highest BCUT2D eigenvalue weighted by molar-refractivity contribution is 7.14. The van der Waals surface area contributed by atoms with Crippen LogP contribution in [0.1, 0.15) is 38.8 Å². The van der Waals surface area contributed by atoms with Gasteiger partial charge in [0.05, 0.1) is 17.0 Å². The fourth-order valence-corrected chi connectivity index (χ4v) is 1.99. The average Bonchev–Trinajstić information content (AvgIpc) is 2.61. The molecule has 0 fully saturated rings. The smallest absolute Gasteiger partial charge is 0.339 e. The van der Waals surface area contributed by atoms with Gasteiger partial charge in [0.1, 0.15) is 0 Å². The van der Waals surface area contributed by atoms with Crippen LogP contribution in [0.5, 0.6) is 0 Å². The van der Waals surface area contributed by atoms with E-state index in [1.54, 1.807) is 13.0 Å². The van der Waals surface area contributed by atoms with Crippen molar-refractivity contribution < 1.29 is 14.3 Å². The first-order chi connectivity index (χ1) is 6.72. The van der Waals surface area contributed by atoms with Gasteiger partial charge in [-0.05, 0) is 19.4 Å². The molecule has 1 heterocycles. The van der Waals surface area contributed by atoms with E-state index in [1.165, 1.54) is 11.3 Å². The zero-order chi connectivity index (χ0) is 10.6. The molecule has 0 aliphatic heterocycles. The molecule has 76 valence electrons. The Labute approximate surface area is 86.7 Å². The first kappa shape index (κ1) is 10.9. The SMILES string of the molecule is CCOC(=O)c1cc(CC)sc1C=O. The zero-order valence-corrected chi connectivity index (χ0v) is 9.02. The molecule has 0 radical (unpaired) electrons. The van der Waals surface area contributed by atoms with E-state index < -0.39 is 5.97 Å². The second-order valence-corrected chi connectivity index (χ2v) is 3.85. The minimum Gasteiger partial charge on any atom is -0.462 e. The number of aldehydes is 1. The van der Waals surface area contributed by atoms with Crippen molar-refractivity contribution in [1.29, 1.82) is 0 Å². The van der Waals surface area contributed by atoms with Gasteiger partial charge in [-0.15, -0.1) is 11.3 Å². The molecular weight excluding hydrogens is 200 g/mol. The van der Waals surface area contributed by atoms with Crippen LogP contribution in [-0.4, -0.2) is 18.9 Å². The molecule has 3 nitrogen and oxygen atoms in total. The quantitative estimate of drug-likeness (QED) is 0.568. The first-order valence-corrected chi connectivity index (χ1v) is 5.29. The van der Waals surface area contributed by atoms with Crippen LogP contribution in [0.3, 0.4) is 0 Å². The van der Waals surface area contributed by atoms with Gasteiger partial charge in [-0.2, -0.15) is 0 Å². The molecule has 4 heteroatoms. The summed E-state index contributed by atoms with van der Waals surface area (Å²) in [5.74, 6) is -0.412. The minimum absolute atomic E-state index is 0.328. The summed E-state index contributed by atoms with van der Waals surface area (Å²) in [5, 5.41) is 0. The van der Waals surface area contributed by atoms with Crippen LogP contribution in [-0.2, 0) is 11.2 Å². The van der Waals surface area contributed by atoms with Crippen molar-refractivity contribution in [1.82, 2.24) is 0 Å². The van der Waals surface area contributed by atoms with Crippen molar-refractivity contribution in [2.45, 2.75) is 20.3 Å². The Morgan fingerprint density at radius 1 is 1.57 bits per heavy atom. The fourth-order valence-electron chi connectivity index (χ4n) is 1.09. The van der Waals surface area contributed by atoms with E-state index in [0.29, 0.717) is 23.3 Å². The summed E-state index contributed by atoms with van der Waals surface area (Å²) in [5.41, 5.74) is 0.392. The summed E-state index contributed by atoms with van der Waals surface area (Å²) in [4.78, 5) is 23.5. The van der Waals surface area contributed by atoms with Crippen molar-refractivity contribution in [3.8, 4) is 0 Å². The summed E-state index contributed by atoms with van der Waals surface area (Å²) in [6.07, 6.45) is 1.53. The Bertz CT molecular complexity index is 341. The van der Waals surface area contributed by atoms with E-state index in [4.69, 9.17) is 4.74 Å². The lowest BCUT2D eigenvalue weighted by molar-refractivity contribution is 0.0525. The molecule has 0 spiro atoms. The van der Waals surface area contributed by atoms with Gasteiger partial charge >= 0.3 is 5.97 Å². The molecule has 0 bridgehead atoms. The summed E-state index contributed by atoms with van der Waals surface area (Å²) >= 11 is 1.34. The number of rotatable bonds is 4. The van der Waals surface area contributed by atoms with Crippen LogP contribution in [0.4, 0.5) is 0 Å². The van der Waals surface area contributed by atoms with Gasteiger partial charge in [0.2, 0.25) is 0 Å². The Hall–Kier alpha value is -1.16. The standard InChI is InChI=1S/C10H12O3S/c1-3-7-5-8(9(6-11)14-7)10(12)13-4-2/h5-6H,3-4H2,1-2H3.